The van der Waals surface area contributed by atoms with E-state index in [-0.39, 0.29) is 0 Å². The Morgan fingerprint density at radius 1 is 1.30 bits per heavy atom. The Kier molecular flexibility index (Phi) is 5.45. The fourth-order valence-corrected chi connectivity index (χ4v) is 3.67. The Labute approximate surface area is 139 Å². The predicted octanol–water partition coefficient (Wildman–Crippen LogP) is 2.27. The highest BCUT2D eigenvalue weighted by atomic mass is 16.5. The molecule has 0 saturated carbocycles. The number of nitrogens with zero attached hydrogens (tertiary/aromatic N) is 3. The van der Waals surface area contributed by atoms with Gasteiger partial charge in [-0.2, -0.15) is 5.26 Å². The van der Waals surface area contributed by atoms with Gasteiger partial charge in [0.1, 0.15) is 0 Å². The molecule has 1 aromatic carbocycles. The third-order valence-electron chi connectivity index (χ3n) is 4.86. The molecule has 0 amide bonds. The molecule has 2 aliphatic heterocycles. The number of likely N-dealkylation sites (tertiary alicyclic amines) is 1. The van der Waals surface area contributed by atoms with E-state index in [0.717, 1.165) is 51.4 Å². The van der Waals surface area contributed by atoms with Gasteiger partial charge in [-0.3, -0.25) is 9.80 Å². The first kappa shape index (κ1) is 16.2. The van der Waals surface area contributed by atoms with Crippen molar-refractivity contribution < 1.29 is 4.74 Å². The zero-order valence-corrected chi connectivity index (χ0v) is 13.7. The minimum absolute atomic E-state index is 0.331. The average Bonchev–Trinajstić information content (AvgIpc) is 2.77. The Bertz CT molecular complexity index is 580. The first-order chi connectivity index (χ1) is 11.3. The molecule has 0 unspecified atom stereocenters. The maximum Gasteiger partial charge on any atom is 0.0991 e. The van der Waals surface area contributed by atoms with Gasteiger partial charge < -0.3 is 4.74 Å². The lowest BCUT2D eigenvalue weighted by Gasteiger charge is -2.38. The standard InChI is InChI=1S/C19H25N3O/c1-2-7-21-9-10-23-19-15-22(8-6-18(19)14-21)13-17-5-3-4-16(11-17)12-20/h2-5,11,18-19H,1,6-10,13-15H2/t18-,19-/m1/s1. The second kappa shape index (κ2) is 7.74. The van der Waals surface area contributed by atoms with Crippen LogP contribution in [0.5, 0.6) is 0 Å². The quantitative estimate of drug-likeness (QED) is 0.800. The number of benzene rings is 1. The minimum Gasteiger partial charge on any atom is -0.375 e. The molecule has 0 spiro atoms. The third-order valence-corrected chi connectivity index (χ3v) is 4.86. The van der Waals surface area contributed by atoms with Crippen LogP contribution < -0.4 is 0 Å². The number of rotatable bonds is 4. The van der Waals surface area contributed by atoms with Gasteiger partial charge in [0.15, 0.2) is 0 Å². The van der Waals surface area contributed by atoms with E-state index in [9.17, 15) is 0 Å². The third kappa shape index (κ3) is 4.20. The molecule has 2 heterocycles. The summed E-state index contributed by atoms with van der Waals surface area (Å²) in [4.78, 5) is 4.91. The molecule has 0 N–H and O–H groups in total. The molecule has 3 rings (SSSR count). The van der Waals surface area contributed by atoms with Crippen LogP contribution in [0.25, 0.3) is 0 Å². The van der Waals surface area contributed by atoms with Crippen LogP contribution >= 0.6 is 0 Å². The molecule has 0 aliphatic carbocycles. The van der Waals surface area contributed by atoms with E-state index >= 15 is 0 Å². The zero-order valence-electron chi connectivity index (χ0n) is 13.7. The van der Waals surface area contributed by atoms with Crippen molar-refractivity contribution in [3.63, 3.8) is 0 Å². The molecule has 4 heteroatoms. The van der Waals surface area contributed by atoms with E-state index < -0.39 is 0 Å². The lowest BCUT2D eigenvalue weighted by Crippen LogP contribution is -2.46. The van der Waals surface area contributed by atoms with Gasteiger partial charge in [0.25, 0.3) is 0 Å². The molecular formula is C19H25N3O. The van der Waals surface area contributed by atoms with Gasteiger partial charge in [-0.1, -0.05) is 18.2 Å². The van der Waals surface area contributed by atoms with Crippen molar-refractivity contribution >= 4 is 0 Å². The van der Waals surface area contributed by atoms with Crippen LogP contribution in [0.4, 0.5) is 0 Å². The van der Waals surface area contributed by atoms with Crippen molar-refractivity contribution in [2.45, 2.75) is 19.1 Å². The summed E-state index contributed by atoms with van der Waals surface area (Å²) < 4.78 is 6.13. The van der Waals surface area contributed by atoms with Gasteiger partial charge in [0.05, 0.1) is 24.3 Å². The zero-order chi connectivity index (χ0) is 16.1. The highest BCUT2D eigenvalue weighted by Crippen LogP contribution is 2.25. The summed E-state index contributed by atoms with van der Waals surface area (Å²) in [6, 6.07) is 10.1. The van der Waals surface area contributed by atoms with Gasteiger partial charge >= 0.3 is 0 Å². The molecule has 122 valence electrons. The van der Waals surface area contributed by atoms with E-state index in [2.05, 4.69) is 28.5 Å². The first-order valence-corrected chi connectivity index (χ1v) is 8.44. The van der Waals surface area contributed by atoms with Gasteiger partial charge in [0, 0.05) is 38.6 Å². The molecule has 0 radical (unpaired) electrons. The van der Waals surface area contributed by atoms with E-state index in [1.807, 2.05) is 24.3 Å². The number of hydrogen-bond acceptors (Lipinski definition) is 4. The Morgan fingerprint density at radius 3 is 3.04 bits per heavy atom. The summed E-state index contributed by atoms with van der Waals surface area (Å²) in [6.45, 7) is 10.7. The maximum atomic E-state index is 9.03. The Morgan fingerprint density at radius 2 is 2.22 bits per heavy atom. The van der Waals surface area contributed by atoms with E-state index in [0.29, 0.717) is 12.0 Å². The van der Waals surface area contributed by atoms with Crippen molar-refractivity contribution in [3.8, 4) is 6.07 Å². The van der Waals surface area contributed by atoms with Crippen molar-refractivity contribution in [3.05, 3.63) is 48.0 Å². The molecule has 2 saturated heterocycles. The summed E-state index contributed by atoms with van der Waals surface area (Å²) in [6.07, 6.45) is 3.49. The van der Waals surface area contributed by atoms with Crippen LogP contribution in [-0.4, -0.2) is 55.2 Å². The summed E-state index contributed by atoms with van der Waals surface area (Å²) in [5.41, 5.74) is 1.95. The average molecular weight is 311 g/mol. The fourth-order valence-electron chi connectivity index (χ4n) is 3.67. The molecule has 1 aromatic rings. The number of hydrogen-bond donors (Lipinski definition) is 0. The summed E-state index contributed by atoms with van der Waals surface area (Å²) in [5, 5.41) is 9.03. The van der Waals surface area contributed by atoms with Crippen molar-refractivity contribution in [1.29, 1.82) is 5.26 Å². The van der Waals surface area contributed by atoms with Crippen LogP contribution in [0.15, 0.2) is 36.9 Å². The van der Waals surface area contributed by atoms with Crippen LogP contribution in [0.1, 0.15) is 17.5 Å². The largest absolute Gasteiger partial charge is 0.375 e. The second-order valence-electron chi connectivity index (χ2n) is 6.55. The fraction of sp³-hybridized carbons (Fsp3) is 0.526. The molecule has 0 aromatic heterocycles. The summed E-state index contributed by atoms with van der Waals surface area (Å²) in [5.74, 6) is 0.624. The van der Waals surface area contributed by atoms with E-state index in [1.54, 1.807) is 0 Å². The number of fused-ring (bicyclic) bond motifs is 1. The van der Waals surface area contributed by atoms with Crippen molar-refractivity contribution in [2.75, 3.05) is 39.3 Å². The lowest BCUT2D eigenvalue weighted by molar-refractivity contribution is -0.0241. The molecule has 2 atom stereocenters. The van der Waals surface area contributed by atoms with Gasteiger partial charge in [0.2, 0.25) is 0 Å². The number of ether oxygens (including phenoxy) is 1. The molecule has 23 heavy (non-hydrogen) atoms. The predicted molar refractivity (Wildman–Crippen MR) is 90.9 cm³/mol. The number of nitriles is 1. The Hall–Kier alpha value is -1.67. The highest BCUT2D eigenvalue weighted by molar-refractivity contribution is 5.32. The van der Waals surface area contributed by atoms with Crippen LogP contribution in [0.2, 0.25) is 0 Å². The summed E-state index contributed by atoms with van der Waals surface area (Å²) >= 11 is 0. The van der Waals surface area contributed by atoms with Gasteiger partial charge in [-0.15, -0.1) is 6.58 Å². The van der Waals surface area contributed by atoms with Crippen molar-refractivity contribution in [1.82, 2.24) is 9.80 Å². The molecule has 2 aliphatic rings. The normalized spacial score (nSPS) is 26.0. The van der Waals surface area contributed by atoms with Crippen LogP contribution in [0.3, 0.4) is 0 Å². The summed E-state index contributed by atoms with van der Waals surface area (Å²) in [7, 11) is 0. The Balaban J connectivity index is 1.59. The monoisotopic (exact) mass is 311 g/mol. The van der Waals surface area contributed by atoms with Crippen LogP contribution in [-0.2, 0) is 11.3 Å². The van der Waals surface area contributed by atoms with E-state index in [1.165, 1.54) is 12.0 Å². The first-order valence-electron chi connectivity index (χ1n) is 8.44. The topological polar surface area (TPSA) is 39.5 Å². The smallest absolute Gasteiger partial charge is 0.0991 e. The van der Waals surface area contributed by atoms with Crippen LogP contribution in [0, 0.1) is 17.2 Å². The van der Waals surface area contributed by atoms with Gasteiger partial charge in [-0.25, -0.2) is 0 Å². The lowest BCUT2D eigenvalue weighted by atomic mass is 9.93. The molecule has 0 bridgehead atoms. The second-order valence-corrected chi connectivity index (χ2v) is 6.55. The van der Waals surface area contributed by atoms with Crippen molar-refractivity contribution in [2.24, 2.45) is 5.92 Å². The SMILES string of the molecule is C=CCN1CCO[C@@H]2CN(Cc3cccc(C#N)c3)CC[C@@H]2C1. The maximum absolute atomic E-state index is 9.03. The molecule has 4 nitrogen and oxygen atoms in total. The number of piperidine rings is 1. The molecular weight excluding hydrogens is 286 g/mol. The van der Waals surface area contributed by atoms with E-state index in [4.69, 9.17) is 10.00 Å². The highest BCUT2D eigenvalue weighted by Gasteiger charge is 2.32. The molecule has 2 fully saturated rings. The van der Waals surface area contributed by atoms with Gasteiger partial charge in [-0.05, 0) is 30.7 Å². The minimum atomic E-state index is 0.331.